The molecule has 0 aliphatic rings. The fraction of sp³-hybridized carbons (Fsp3) is 0.185. The van der Waals surface area contributed by atoms with E-state index in [1.807, 2.05) is 32.3 Å². The predicted molar refractivity (Wildman–Crippen MR) is 137 cm³/mol. The number of hydrogen-bond donors (Lipinski definition) is 3. The maximum Gasteiger partial charge on any atom is 0.287 e. The molecule has 0 radical (unpaired) electrons. The number of benzene rings is 3. The molecule has 1 aromatic heterocycles. The summed E-state index contributed by atoms with van der Waals surface area (Å²) < 4.78 is 11.4. The quantitative estimate of drug-likeness (QED) is 0.250. The molecule has 0 aliphatic carbocycles. The first kappa shape index (κ1) is 23.8. The van der Waals surface area contributed by atoms with Gasteiger partial charge in [0.1, 0.15) is 17.9 Å². The summed E-state index contributed by atoms with van der Waals surface area (Å²) in [6, 6.07) is 21.5. The average molecular weight is 473 g/mol. The third-order valence-electron chi connectivity index (χ3n) is 5.29. The minimum Gasteiger partial charge on any atom is -0.492 e. The van der Waals surface area contributed by atoms with E-state index in [1.54, 1.807) is 54.6 Å². The molecule has 8 heteroatoms. The van der Waals surface area contributed by atoms with Crippen molar-refractivity contribution in [3.05, 3.63) is 89.7 Å². The summed E-state index contributed by atoms with van der Waals surface area (Å²) in [4.78, 5) is 27.0. The highest BCUT2D eigenvalue weighted by Gasteiger charge is 2.13. The van der Waals surface area contributed by atoms with Crippen molar-refractivity contribution in [2.24, 2.45) is 0 Å². The van der Waals surface area contributed by atoms with E-state index in [0.717, 1.165) is 17.5 Å². The van der Waals surface area contributed by atoms with Gasteiger partial charge in [-0.3, -0.25) is 9.59 Å². The highest BCUT2D eigenvalue weighted by molar-refractivity contribution is 6.05. The van der Waals surface area contributed by atoms with E-state index in [4.69, 9.17) is 14.9 Å². The van der Waals surface area contributed by atoms with Crippen molar-refractivity contribution >= 4 is 34.2 Å². The largest absolute Gasteiger partial charge is 0.492 e. The van der Waals surface area contributed by atoms with Gasteiger partial charge in [-0.25, -0.2) is 0 Å². The standard InChI is InChI=1S/C27H28N4O4/c1-31(2)17-18-7-12-24-20(15-18)16-25(35-24)27(33)29-13-14-34-21-10-8-19(9-11-21)26(32)30-23-6-4-3-5-22(23)28/h3-12,15-16H,13-14,17,28H2,1-2H3,(H,29,33)(H,30,32). The van der Waals surface area contributed by atoms with Gasteiger partial charge in [-0.15, -0.1) is 0 Å². The third kappa shape index (κ3) is 6.18. The molecule has 4 aromatic rings. The average Bonchev–Trinajstić information content (AvgIpc) is 3.27. The molecule has 180 valence electrons. The second-order valence-electron chi connectivity index (χ2n) is 8.39. The zero-order valence-corrected chi connectivity index (χ0v) is 19.7. The lowest BCUT2D eigenvalue weighted by molar-refractivity contribution is 0.0921. The van der Waals surface area contributed by atoms with E-state index in [-0.39, 0.29) is 24.2 Å². The van der Waals surface area contributed by atoms with Gasteiger partial charge in [0.2, 0.25) is 0 Å². The van der Waals surface area contributed by atoms with E-state index >= 15 is 0 Å². The van der Waals surface area contributed by atoms with Crippen LogP contribution < -0.4 is 21.1 Å². The van der Waals surface area contributed by atoms with Crippen LogP contribution >= 0.6 is 0 Å². The second-order valence-corrected chi connectivity index (χ2v) is 8.39. The summed E-state index contributed by atoms with van der Waals surface area (Å²) in [6.07, 6.45) is 0. The Morgan fingerprint density at radius 3 is 2.49 bits per heavy atom. The summed E-state index contributed by atoms with van der Waals surface area (Å²) in [6.45, 7) is 1.38. The number of nitrogen functional groups attached to an aromatic ring is 1. The molecule has 2 amide bonds. The van der Waals surface area contributed by atoms with Crippen molar-refractivity contribution in [3.63, 3.8) is 0 Å². The van der Waals surface area contributed by atoms with Crippen LogP contribution in [-0.4, -0.2) is 44.0 Å². The van der Waals surface area contributed by atoms with Gasteiger partial charge < -0.3 is 30.4 Å². The Labute approximate surface area is 203 Å². The summed E-state index contributed by atoms with van der Waals surface area (Å²) in [5.74, 6) is 0.288. The topological polar surface area (TPSA) is 110 Å². The molecule has 35 heavy (non-hydrogen) atoms. The van der Waals surface area contributed by atoms with Gasteiger partial charge in [-0.1, -0.05) is 18.2 Å². The van der Waals surface area contributed by atoms with Crippen LogP contribution in [0.3, 0.4) is 0 Å². The van der Waals surface area contributed by atoms with Crippen molar-refractivity contribution in [2.45, 2.75) is 6.54 Å². The number of nitrogens with one attached hydrogen (secondary N) is 2. The molecule has 0 bridgehead atoms. The zero-order valence-electron chi connectivity index (χ0n) is 19.7. The predicted octanol–water partition coefficient (Wildman–Crippen LogP) is 4.14. The molecule has 0 atom stereocenters. The molecule has 8 nitrogen and oxygen atoms in total. The van der Waals surface area contributed by atoms with Crippen LogP contribution in [0.2, 0.25) is 0 Å². The SMILES string of the molecule is CN(C)Cc1ccc2oc(C(=O)NCCOc3ccc(C(=O)Nc4ccccc4N)cc3)cc2c1. The molecule has 4 rings (SSSR count). The van der Waals surface area contributed by atoms with Gasteiger partial charge in [0.05, 0.1) is 17.9 Å². The molecule has 0 fully saturated rings. The number of anilines is 2. The molecule has 0 saturated heterocycles. The fourth-order valence-corrected chi connectivity index (χ4v) is 3.60. The van der Waals surface area contributed by atoms with Gasteiger partial charge >= 0.3 is 0 Å². The molecule has 0 aliphatic heterocycles. The van der Waals surface area contributed by atoms with E-state index in [9.17, 15) is 9.59 Å². The number of carbonyl (C=O) groups excluding carboxylic acids is 2. The molecule has 3 aromatic carbocycles. The maximum absolute atomic E-state index is 12.5. The van der Waals surface area contributed by atoms with Crippen LogP contribution in [-0.2, 0) is 6.54 Å². The first-order chi connectivity index (χ1) is 16.9. The Kier molecular flexibility index (Phi) is 7.32. The Bertz CT molecular complexity index is 1330. The van der Waals surface area contributed by atoms with E-state index < -0.39 is 0 Å². The van der Waals surface area contributed by atoms with Crippen LogP contribution in [0, 0.1) is 0 Å². The number of nitrogens with zero attached hydrogens (tertiary/aromatic N) is 1. The molecule has 0 unspecified atom stereocenters. The summed E-state index contributed by atoms with van der Waals surface area (Å²) in [7, 11) is 4.02. The first-order valence-corrected chi connectivity index (χ1v) is 11.2. The Morgan fingerprint density at radius 2 is 1.74 bits per heavy atom. The minimum atomic E-state index is -0.300. The van der Waals surface area contributed by atoms with Crippen molar-refractivity contribution < 1.29 is 18.7 Å². The fourth-order valence-electron chi connectivity index (χ4n) is 3.60. The molecule has 0 spiro atoms. The Morgan fingerprint density at radius 1 is 0.971 bits per heavy atom. The van der Waals surface area contributed by atoms with Crippen LogP contribution in [0.25, 0.3) is 11.0 Å². The monoisotopic (exact) mass is 472 g/mol. The van der Waals surface area contributed by atoms with Gasteiger partial charge in [-0.05, 0) is 74.3 Å². The zero-order chi connectivity index (χ0) is 24.8. The normalized spacial score (nSPS) is 10.9. The number of carbonyl (C=O) groups is 2. The van der Waals surface area contributed by atoms with Crippen LogP contribution in [0.5, 0.6) is 5.75 Å². The van der Waals surface area contributed by atoms with Crippen molar-refractivity contribution in [2.75, 3.05) is 38.3 Å². The van der Waals surface area contributed by atoms with E-state index in [0.29, 0.717) is 34.8 Å². The van der Waals surface area contributed by atoms with Crippen LogP contribution in [0.1, 0.15) is 26.5 Å². The van der Waals surface area contributed by atoms with Gasteiger partial charge in [0.15, 0.2) is 5.76 Å². The maximum atomic E-state index is 12.5. The van der Waals surface area contributed by atoms with E-state index in [2.05, 4.69) is 15.5 Å². The van der Waals surface area contributed by atoms with E-state index in [1.165, 1.54) is 0 Å². The molecule has 4 N–H and O–H groups in total. The number of para-hydroxylation sites is 2. The van der Waals surface area contributed by atoms with Crippen molar-refractivity contribution in [1.29, 1.82) is 0 Å². The first-order valence-electron chi connectivity index (χ1n) is 11.2. The third-order valence-corrected chi connectivity index (χ3v) is 5.29. The minimum absolute atomic E-state index is 0.261. The summed E-state index contributed by atoms with van der Waals surface area (Å²) in [5, 5.41) is 6.47. The Hall–Kier alpha value is -4.30. The van der Waals surface area contributed by atoms with Gasteiger partial charge in [0.25, 0.3) is 11.8 Å². The second kappa shape index (κ2) is 10.8. The Balaban J connectivity index is 1.25. The highest BCUT2D eigenvalue weighted by Crippen LogP contribution is 2.22. The number of furan rings is 1. The number of ether oxygens (including phenoxy) is 1. The number of nitrogens with two attached hydrogens (primary N) is 1. The lowest BCUT2D eigenvalue weighted by atomic mass is 10.1. The van der Waals surface area contributed by atoms with Crippen molar-refractivity contribution in [3.8, 4) is 5.75 Å². The summed E-state index contributed by atoms with van der Waals surface area (Å²) >= 11 is 0. The number of fused-ring (bicyclic) bond motifs is 1. The lowest BCUT2D eigenvalue weighted by Gasteiger charge is -2.09. The summed E-state index contributed by atoms with van der Waals surface area (Å²) in [5.41, 5.74) is 9.23. The van der Waals surface area contributed by atoms with Crippen molar-refractivity contribution in [1.82, 2.24) is 10.2 Å². The lowest BCUT2D eigenvalue weighted by Crippen LogP contribution is -2.27. The van der Waals surface area contributed by atoms with Gasteiger partial charge in [-0.2, -0.15) is 0 Å². The number of rotatable bonds is 9. The van der Waals surface area contributed by atoms with Crippen LogP contribution in [0.4, 0.5) is 11.4 Å². The molecule has 1 heterocycles. The number of hydrogen-bond acceptors (Lipinski definition) is 6. The smallest absolute Gasteiger partial charge is 0.287 e. The molecular weight excluding hydrogens is 444 g/mol. The molecular formula is C27H28N4O4. The van der Waals surface area contributed by atoms with Gasteiger partial charge in [0, 0.05) is 17.5 Å². The molecule has 0 saturated carbocycles. The highest BCUT2D eigenvalue weighted by atomic mass is 16.5. The number of amides is 2. The van der Waals surface area contributed by atoms with Crippen LogP contribution in [0.15, 0.2) is 77.2 Å².